The molecule has 2 heteroatoms. The SMILES string of the molecule is CCCc1cscc1Cl. The first-order valence-electron chi connectivity index (χ1n) is 3.05. The van der Waals surface area contributed by atoms with E-state index in [-0.39, 0.29) is 0 Å². The van der Waals surface area contributed by atoms with Crippen LogP contribution in [0.2, 0.25) is 5.02 Å². The van der Waals surface area contributed by atoms with E-state index in [1.54, 1.807) is 11.3 Å². The van der Waals surface area contributed by atoms with Crippen LogP contribution in [0, 0.1) is 0 Å². The Morgan fingerprint density at radius 1 is 1.56 bits per heavy atom. The van der Waals surface area contributed by atoms with Crippen molar-refractivity contribution in [1.29, 1.82) is 0 Å². The van der Waals surface area contributed by atoms with Gasteiger partial charge in [0.05, 0.1) is 5.02 Å². The summed E-state index contributed by atoms with van der Waals surface area (Å²) in [5.74, 6) is 0. The van der Waals surface area contributed by atoms with Crippen LogP contribution in [0.15, 0.2) is 10.8 Å². The number of thiophene rings is 1. The second kappa shape index (κ2) is 3.23. The summed E-state index contributed by atoms with van der Waals surface area (Å²) in [6.07, 6.45) is 2.29. The molecule has 0 nitrogen and oxygen atoms in total. The highest BCUT2D eigenvalue weighted by atomic mass is 35.5. The van der Waals surface area contributed by atoms with Crippen LogP contribution in [0.3, 0.4) is 0 Å². The van der Waals surface area contributed by atoms with E-state index in [0.29, 0.717) is 0 Å². The summed E-state index contributed by atoms with van der Waals surface area (Å²) in [4.78, 5) is 0. The summed E-state index contributed by atoms with van der Waals surface area (Å²) in [7, 11) is 0. The predicted octanol–water partition coefficient (Wildman–Crippen LogP) is 3.35. The maximum Gasteiger partial charge on any atom is 0.0544 e. The summed E-state index contributed by atoms with van der Waals surface area (Å²) in [6, 6.07) is 0. The van der Waals surface area contributed by atoms with Crippen LogP contribution < -0.4 is 0 Å². The minimum atomic E-state index is 0.932. The van der Waals surface area contributed by atoms with Gasteiger partial charge in [-0.3, -0.25) is 0 Å². The van der Waals surface area contributed by atoms with Gasteiger partial charge in [-0.1, -0.05) is 24.9 Å². The number of halogens is 1. The fraction of sp³-hybridized carbons (Fsp3) is 0.429. The van der Waals surface area contributed by atoms with Gasteiger partial charge < -0.3 is 0 Å². The van der Waals surface area contributed by atoms with Crippen molar-refractivity contribution in [3.05, 3.63) is 21.3 Å². The average molecular weight is 161 g/mol. The zero-order valence-electron chi connectivity index (χ0n) is 5.36. The topological polar surface area (TPSA) is 0 Å². The predicted molar refractivity (Wildman–Crippen MR) is 43.3 cm³/mol. The number of rotatable bonds is 2. The van der Waals surface area contributed by atoms with E-state index >= 15 is 0 Å². The van der Waals surface area contributed by atoms with E-state index < -0.39 is 0 Å². The van der Waals surface area contributed by atoms with E-state index in [4.69, 9.17) is 11.6 Å². The Bertz CT molecular complexity index is 181. The van der Waals surface area contributed by atoms with E-state index in [0.717, 1.165) is 11.4 Å². The zero-order chi connectivity index (χ0) is 6.69. The van der Waals surface area contributed by atoms with Crippen molar-refractivity contribution in [3.8, 4) is 0 Å². The molecular weight excluding hydrogens is 152 g/mol. The molecule has 0 saturated carbocycles. The molecule has 0 N–H and O–H groups in total. The van der Waals surface area contributed by atoms with Gasteiger partial charge in [-0.25, -0.2) is 0 Å². The van der Waals surface area contributed by atoms with Gasteiger partial charge in [0.2, 0.25) is 0 Å². The third-order valence-corrected chi connectivity index (χ3v) is 2.48. The highest BCUT2D eigenvalue weighted by molar-refractivity contribution is 7.08. The normalized spacial score (nSPS) is 10.0. The lowest BCUT2D eigenvalue weighted by atomic mass is 10.2. The van der Waals surface area contributed by atoms with E-state index in [9.17, 15) is 0 Å². The zero-order valence-corrected chi connectivity index (χ0v) is 6.93. The van der Waals surface area contributed by atoms with Gasteiger partial charge in [-0.15, -0.1) is 0 Å². The molecule has 0 atom stereocenters. The maximum absolute atomic E-state index is 5.83. The van der Waals surface area contributed by atoms with Crippen LogP contribution in [0.4, 0.5) is 0 Å². The molecule has 0 spiro atoms. The third kappa shape index (κ3) is 1.70. The van der Waals surface area contributed by atoms with Crippen molar-refractivity contribution in [3.63, 3.8) is 0 Å². The Kier molecular flexibility index (Phi) is 2.55. The highest BCUT2D eigenvalue weighted by Crippen LogP contribution is 2.21. The van der Waals surface area contributed by atoms with E-state index in [1.807, 2.05) is 5.38 Å². The maximum atomic E-state index is 5.83. The van der Waals surface area contributed by atoms with E-state index in [2.05, 4.69) is 12.3 Å². The molecule has 0 aliphatic heterocycles. The molecule has 0 aliphatic carbocycles. The van der Waals surface area contributed by atoms with Crippen LogP contribution in [-0.4, -0.2) is 0 Å². The molecule has 50 valence electrons. The average Bonchev–Trinajstić information content (AvgIpc) is 2.18. The molecule has 1 rings (SSSR count). The van der Waals surface area contributed by atoms with Gasteiger partial charge in [0.25, 0.3) is 0 Å². The van der Waals surface area contributed by atoms with Crippen LogP contribution in [0.25, 0.3) is 0 Å². The second-order valence-electron chi connectivity index (χ2n) is 1.99. The lowest BCUT2D eigenvalue weighted by Gasteiger charge is -1.90. The van der Waals surface area contributed by atoms with Crippen molar-refractivity contribution in [2.45, 2.75) is 19.8 Å². The van der Waals surface area contributed by atoms with Gasteiger partial charge in [0.15, 0.2) is 0 Å². The molecule has 0 aliphatic rings. The fourth-order valence-corrected chi connectivity index (χ4v) is 1.87. The lowest BCUT2D eigenvalue weighted by molar-refractivity contribution is 0.927. The molecule has 0 aromatic carbocycles. The fourth-order valence-electron chi connectivity index (χ4n) is 0.756. The summed E-state index contributed by atoms with van der Waals surface area (Å²) in [5, 5.41) is 5.03. The van der Waals surface area contributed by atoms with Gasteiger partial charge in [0, 0.05) is 5.38 Å². The van der Waals surface area contributed by atoms with Crippen molar-refractivity contribution in [1.82, 2.24) is 0 Å². The van der Waals surface area contributed by atoms with Crippen LogP contribution in [-0.2, 0) is 6.42 Å². The summed E-state index contributed by atoms with van der Waals surface area (Å²) < 4.78 is 0. The summed E-state index contributed by atoms with van der Waals surface area (Å²) >= 11 is 7.50. The van der Waals surface area contributed by atoms with Gasteiger partial charge in [-0.2, -0.15) is 11.3 Å². The minimum Gasteiger partial charge on any atom is -0.151 e. The van der Waals surface area contributed by atoms with Crippen LogP contribution in [0.1, 0.15) is 18.9 Å². The molecule has 0 amide bonds. The Morgan fingerprint density at radius 2 is 2.33 bits per heavy atom. The first-order chi connectivity index (χ1) is 4.34. The number of hydrogen-bond donors (Lipinski definition) is 0. The smallest absolute Gasteiger partial charge is 0.0544 e. The Hall–Kier alpha value is -0.0100. The first-order valence-corrected chi connectivity index (χ1v) is 4.37. The number of hydrogen-bond acceptors (Lipinski definition) is 1. The van der Waals surface area contributed by atoms with Crippen molar-refractivity contribution in [2.24, 2.45) is 0 Å². The first kappa shape index (κ1) is 7.10. The van der Waals surface area contributed by atoms with Crippen LogP contribution >= 0.6 is 22.9 Å². The Morgan fingerprint density at radius 3 is 2.78 bits per heavy atom. The van der Waals surface area contributed by atoms with Crippen molar-refractivity contribution in [2.75, 3.05) is 0 Å². The third-order valence-electron chi connectivity index (χ3n) is 1.21. The van der Waals surface area contributed by atoms with Crippen molar-refractivity contribution < 1.29 is 0 Å². The molecule has 0 unspecified atom stereocenters. The monoisotopic (exact) mass is 160 g/mol. The molecule has 9 heavy (non-hydrogen) atoms. The number of aryl methyl sites for hydroxylation is 1. The molecule has 1 aromatic rings. The molecule has 0 bridgehead atoms. The largest absolute Gasteiger partial charge is 0.151 e. The minimum absolute atomic E-state index is 0.932. The standard InChI is InChI=1S/C7H9ClS/c1-2-3-6-4-9-5-7(6)8/h4-5H,2-3H2,1H3. The molecule has 1 aromatic heterocycles. The Labute approximate surface area is 64.5 Å². The van der Waals surface area contributed by atoms with Crippen LogP contribution in [0.5, 0.6) is 0 Å². The quantitative estimate of drug-likeness (QED) is 0.623. The van der Waals surface area contributed by atoms with Gasteiger partial charge >= 0.3 is 0 Å². The van der Waals surface area contributed by atoms with E-state index in [1.165, 1.54) is 12.0 Å². The van der Waals surface area contributed by atoms with Gasteiger partial charge in [-0.05, 0) is 17.4 Å². The molecular formula is C7H9ClS. The van der Waals surface area contributed by atoms with Gasteiger partial charge in [0.1, 0.15) is 0 Å². The summed E-state index contributed by atoms with van der Waals surface area (Å²) in [5.41, 5.74) is 1.30. The second-order valence-corrected chi connectivity index (χ2v) is 3.15. The molecule has 0 saturated heterocycles. The molecule has 1 heterocycles. The highest BCUT2D eigenvalue weighted by Gasteiger charge is 1.97. The lowest BCUT2D eigenvalue weighted by Crippen LogP contribution is -1.76. The summed E-state index contributed by atoms with van der Waals surface area (Å²) in [6.45, 7) is 2.16. The van der Waals surface area contributed by atoms with Crippen molar-refractivity contribution >= 4 is 22.9 Å². The molecule has 0 fully saturated rings. The Balaban J connectivity index is 2.69. The molecule has 0 radical (unpaired) electrons.